The minimum Gasteiger partial charge on any atom is -0.455 e. The average Bonchev–Trinajstić information content (AvgIpc) is 2.80. The Hall–Kier alpha value is -3.93. The van der Waals surface area contributed by atoms with E-state index >= 15 is 0 Å². The van der Waals surface area contributed by atoms with E-state index in [9.17, 15) is 14.4 Å². The molecular weight excluding hydrogens is 416 g/mol. The maximum atomic E-state index is 12.6. The van der Waals surface area contributed by atoms with Crippen LogP contribution in [0.4, 0.5) is 5.69 Å². The summed E-state index contributed by atoms with van der Waals surface area (Å²) in [6.45, 7) is 5.43. The highest BCUT2D eigenvalue weighted by Gasteiger charge is 2.21. The summed E-state index contributed by atoms with van der Waals surface area (Å²) < 4.78 is 5.22. The van der Waals surface area contributed by atoms with Crippen molar-refractivity contribution in [3.05, 3.63) is 101 Å². The van der Waals surface area contributed by atoms with Crippen LogP contribution in [0.25, 0.3) is 0 Å². The number of rotatable bonds is 8. The first kappa shape index (κ1) is 23.7. The van der Waals surface area contributed by atoms with Crippen LogP contribution in [-0.4, -0.2) is 24.4 Å². The lowest BCUT2D eigenvalue weighted by Crippen LogP contribution is -2.31. The number of esters is 1. The normalized spacial score (nSPS) is 11.4. The molecule has 6 nitrogen and oxygen atoms in total. The van der Waals surface area contributed by atoms with Crippen molar-refractivity contribution in [2.24, 2.45) is 0 Å². The molecule has 2 amide bonds. The van der Waals surface area contributed by atoms with Crippen molar-refractivity contribution in [2.45, 2.75) is 33.2 Å². The van der Waals surface area contributed by atoms with Crippen LogP contribution in [0.5, 0.6) is 0 Å². The van der Waals surface area contributed by atoms with E-state index in [4.69, 9.17) is 4.74 Å². The molecule has 1 atom stereocenters. The fourth-order valence-corrected chi connectivity index (χ4v) is 3.69. The van der Waals surface area contributed by atoms with Crippen LogP contribution < -0.4 is 10.6 Å². The van der Waals surface area contributed by atoms with E-state index in [0.717, 1.165) is 27.9 Å². The molecule has 0 aliphatic heterocycles. The summed E-state index contributed by atoms with van der Waals surface area (Å²) in [6.07, 6.45) is -0.0988. The smallest absolute Gasteiger partial charge is 0.308 e. The summed E-state index contributed by atoms with van der Waals surface area (Å²) in [5.41, 5.74) is 4.99. The molecule has 0 aliphatic carbocycles. The largest absolute Gasteiger partial charge is 0.455 e. The molecule has 33 heavy (non-hydrogen) atoms. The molecule has 3 aromatic rings. The Bertz CT molecular complexity index is 1100. The Balaban J connectivity index is 1.61. The van der Waals surface area contributed by atoms with Crippen LogP contribution in [0.15, 0.2) is 72.8 Å². The first-order valence-corrected chi connectivity index (χ1v) is 10.8. The van der Waals surface area contributed by atoms with Crippen LogP contribution in [0.1, 0.15) is 45.1 Å². The molecule has 170 valence electrons. The lowest BCUT2D eigenvalue weighted by Gasteiger charge is -2.19. The van der Waals surface area contributed by atoms with Gasteiger partial charge >= 0.3 is 5.97 Å². The Morgan fingerprint density at radius 3 is 2.03 bits per heavy atom. The van der Waals surface area contributed by atoms with Gasteiger partial charge in [-0.25, -0.2) is 0 Å². The second kappa shape index (κ2) is 11.1. The fourth-order valence-electron chi connectivity index (χ4n) is 3.69. The Morgan fingerprint density at radius 2 is 1.42 bits per heavy atom. The summed E-state index contributed by atoms with van der Waals surface area (Å²) in [4.78, 5) is 37.5. The maximum absolute atomic E-state index is 12.6. The predicted molar refractivity (Wildman–Crippen MR) is 128 cm³/mol. The molecule has 0 aliphatic rings. The molecule has 1 unspecified atom stereocenters. The monoisotopic (exact) mass is 444 g/mol. The number of anilines is 1. The van der Waals surface area contributed by atoms with Crippen LogP contribution in [0.2, 0.25) is 0 Å². The molecule has 0 saturated carbocycles. The van der Waals surface area contributed by atoms with Crippen molar-refractivity contribution in [3.8, 4) is 0 Å². The van der Waals surface area contributed by atoms with Gasteiger partial charge < -0.3 is 15.4 Å². The van der Waals surface area contributed by atoms with Gasteiger partial charge in [0.25, 0.3) is 11.8 Å². The second-order valence-corrected chi connectivity index (χ2v) is 7.99. The van der Waals surface area contributed by atoms with Crippen molar-refractivity contribution in [3.63, 3.8) is 0 Å². The van der Waals surface area contributed by atoms with E-state index in [2.05, 4.69) is 10.6 Å². The molecule has 0 radical (unpaired) electrons. The minimum absolute atomic E-state index is 0.0988. The van der Waals surface area contributed by atoms with Gasteiger partial charge in [-0.2, -0.15) is 0 Å². The predicted octanol–water partition coefficient (Wildman–Crippen LogP) is 4.65. The Labute approximate surface area is 194 Å². The van der Waals surface area contributed by atoms with Crippen LogP contribution >= 0.6 is 0 Å². The SMILES string of the molecule is Cc1cc(C)c(NC(=O)COC(=O)CC(NC(=O)c2ccccc2)c2ccccc2)c(C)c1. The van der Waals surface area contributed by atoms with Gasteiger partial charge in [0.2, 0.25) is 0 Å². The standard InChI is InChI=1S/C27H28N2O4/c1-18-14-19(2)26(20(3)15-18)29-24(30)17-33-25(31)16-23(21-10-6-4-7-11-21)28-27(32)22-12-8-5-9-13-22/h4-15,23H,16-17H2,1-3H3,(H,28,32)(H,29,30). The van der Waals surface area contributed by atoms with Gasteiger partial charge in [-0.1, -0.05) is 66.2 Å². The molecule has 3 aromatic carbocycles. The first-order valence-electron chi connectivity index (χ1n) is 10.8. The zero-order valence-corrected chi connectivity index (χ0v) is 19.1. The molecule has 0 spiro atoms. The van der Waals surface area contributed by atoms with Crippen LogP contribution in [0, 0.1) is 20.8 Å². The zero-order valence-electron chi connectivity index (χ0n) is 19.1. The molecule has 0 aromatic heterocycles. The molecular formula is C27H28N2O4. The zero-order chi connectivity index (χ0) is 23.8. The molecule has 3 rings (SSSR count). The van der Waals surface area contributed by atoms with Gasteiger partial charge in [0.15, 0.2) is 6.61 Å². The fraction of sp³-hybridized carbons (Fsp3) is 0.222. The summed E-state index contributed by atoms with van der Waals surface area (Å²) in [6, 6.07) is 21.4. The number of aryl methyl sites for hydroxylation is 3. The number of amides is 2. The van der Waals surface area contributed by atoms with Gasteiger partial charge in [0, 0.05) is 11.3 Å². The number of ether oxygens (including phenoxy) is 1. The second-order valence-electron chi connectivity index (χ2n) is 7.99. The average molecular weight is 445 g/mol. The third-order valence-electron chi connectivity index (χ3n) is 5.22. The number of nitrogens with one attached hydrogen (secondary N) is 2. The Kier molecular flexibility index (Phi) is 7.97. The maximum Gasteiger partial charge on any atom is 0.308 e. The number of benzene rings is 3. The van der Waals surface area contributed by atoms with E-state index in [0.29, 0.717) is 5.56 Å². The van der Waals surface area contributed by atoms with Crippen LogP contribution in [0.3, 0.4) is 0 Å². The summed E-state index contributed by atoms with van der Waals surface area (Å²) >= 11 is 0. The van der Waals surface area contributed by atoms with Crippen molar-refractivity contribution < 1.29 is 19.1 Å². The minimum atomic E-state index is -0.587. The number of carbonyl (C=O) groups is 3. The Morgan fingerprint density at radius 1 is 0.848 bits per heavy atom. The lowest BCUT2D eigenvalue weighted by atomic mass is 10.0. The van der Waals surface area contributed by atoms with Crippen molar-refractivity contribution in [2.75, 3.05) is 11.9 Å². The van der Waals surface area contributed by atoms with E-state index in [1.54, 1.807) is 24.3 Å². The number of hydrogen-bond acceptors (Lipinski definition) is 4. The number of hydrogen-bond donors (Lipinski definition) is 2. The lowest BCUT2D eigenvalue weighted by molar-refractivity contribution is -0.147. The first-order chi connectivity index (χ1) is 15.8. The molecule has 2 N–H and O–H groups in total. The third kappa shape index (κ3) is 6.77. The van der Waals surface area contributed by atoms with Gasteiger partial charge in [-0.15, -0.1) is 0 Å². The third-order valence-corrected chi connectivity index (χ3v) is 5.22. The summed E-state index contributed by atoms with van der Waals surface area (Å²) in [5.74, 6) is -1.28. The number of carbonyl (C=O) groups excluding carboxylic acids is 3. The highest BCUT2D eigenvalue weighted by molar-refractivity contribution is 5.95. The topological polar surface area (TPSA) is 84.5 Å². The molecule has 0 saturated heterocycles. The van der Waals surface area contributed by atoms with Crippen molar-refractivity contribution in [1.82, 2.24) is 5.32 Å². The van der Waals surface area contributed by atoms with E-state index in [1.165, 1.54) is 0 Å². The van der Waals surface area contributed by atoms with E-state index in [1.807, 2.05) is 69.3 Å². The van der Waals surface area contributed by atoms with Crippen molar-refractivity contribution >= 4 is 23.5 Å². The van der Waals surface area contributed by atoms with Crippen molar-refractivity contribution in [1.29, 1.82) is 0 Å². The highest BCUT2D eigenvalue weighted by Crippen LogP contribution is 2.22. The quantitative estimate of drug-likeness (QED) is 0.495. The summed E-state index contributed by atoms with van der Waals surface area (Å²) in [5, 5.41) is 5.70. The van der Waals surface area contributed by atoms with Gasteiger partial charge in [0.1, 0.15) is 0 Å². The van der Waals surface area contributed by atoms with Crippen LogP contribution in [-0.2, 0) is 14.3 Å². The van der Waals surface area contributed by atoms with Gasteiger partial charge in [-0.05, 0) is 49.6 Å². The molecule has 6 heteroatoms. The van der Waals surface area contributed by atoms with E-state index < -0.39 is 24.5 Å². The molecule has 0 heterocycles. The molecule has 0 bridgehead atoms. The van der Waals surface area contributed by atoms with Gasteiger partial charge in [0.05, 0.1) is 12.5 Å². The van der Waals surface area contributed by atoms with E-state index in [-0.39, 0.29) is 12.3 Å². The van der Waals surface area contributed by atoms with Gasteiger partial charge in [-0.3, -0.25) is 14.4 Å². The summed E-state index contributed by atoms with van der Waals surface area (Å²) in [7, 11) is 0. The highest BCUT2D eigenvalue weighted by atomic mass is 16.5. The molecule has 0 fully saturated rings.